The Morgan fingerprint density at radius 3 is 2.61 bits per heavy atom. The molecule has 0 atom stereocenters. The third-order valence-electron chi connectivity index (χ3n) is 4.05. The Bertz CT molecular complexity index is 870. The zero-order chi connectivity index (χ0) is 20.3. The fourth-order valence-corrected chi connectivity index (χ4v) is 2.82. The molecule has 0 aliphatic carbocycles. The van der Waals surface area contributed by atoms with E-state index in [9.17, 15) is 22.4 Å². The van der Waals surface area contributed by atoms with Crippen LogP contribution in [-0.4, -0.2) is 30.2 Å². The largest absolute Gasteiger partial charge is 0.473 e. The van der Waals surface area contributed by atoms with Gasteiger partial charge >= 0.3 is 6.18 Å². The highest BCUT2D eigenvalue weighted by Crippen LogP contribution is 2.33. The van der Waals surface area contributed by atoms with Gasteiger partial charge in [-0.3, -0.25) is 4.79 Å². The van der Waals surface area contributed by atoms with Crippen LogP contribution in [0.15, 0.2) is 30.5 Å². The van der Waals surface area contributed by atoms with Crippen LogP contribution in [0.2, 0.25) is 5.02 Å². The summed E-state index contributed by atoms with van der Waals surface area (Å²) in [6.07, 6.45) is -2.40. The number of hydrogen-bond donors (Lipinski definition) is 1. The maximum atomic E-state index is 13.3. The van der Waals surface area contributed by atoms with Gasteiger partial charge in [0.2, 0.25) is 5.88 Å². The highest BCUT2D eigenvalue weighted by atomic mass is 35.5. The Hall–Kier alpha value is -2.39. The molecule has 0 radical (unpaired) electrons. The number of halogens is 5. The molecule has 28 heavy (non-hydrogen) atoms. The summed E-state index contributed by atoms with van der Waals surface area (Å²) in [5, 5.41) is 2.36. The maximum Gasteiger partial charge on any atom is 0.419 e. The lowest BCUT2D eigenvalue weighted by Gasteiger charge is -2.23. The van der Waals surface area contributed by atoms with Crippen LogP contribution >= 0.6 is 11.6 Å². The number of amides is 1. The number of aromatic nitrogens is 1. The van der Waals surface area contributed by atoms with Crippen LogP contribution in [0.4, 0.5) is 23.2 Å². The first kappa shape index (κ1) is 20.3. The van der Waals surface area contributed by atoms with Crippen molar-refractivity contribution in [3.05, 3.63) is 52.4 Å². The zero-order valence-electron chi connectivity index (χ0n) is 14.4. The highest BCUT2D eigenvalue weighted by Gasteiger charge is 2.34. The summed E-state index contributed by atoms with van der Waals surface area (Å²) in [4.78, 5) is 16.3. The van der Waals surface area contributed by atoms with E-state index in [0.717, 1.165) is 6.07 Å². The average Bonchev–Trinajstić information content (AvgIpc) is 2.65. The molecule has 1 N–H and O–H groups in total. The minimum Gasteiger partial charge on any atom is -0.473 e. The van der Waals surface area contributed by atoms with Gasteiger partial charge in [-0.05, 0) is 24.3 Å². The number of hydrogen-bond acceptors (Lipinski definition) is 4. The zero-order valence-corrected chi connectivity index (χ0v) is 15.1. The second kappa shape index (κ2) is 8.32. The van der Waals surface area contributed by atoms with Gasteiger partial charge in [0.15, 0.2) is 0 Å². The van der Waals surface area contributed by atoms with E-state index >= 15 is 0 Å². The topological polar surface area (TPSA) is 60.5 Å². The lowest BCUT2D eigenvalue weighted by atomic mass is 10.1. The van der Waals surface area contributed by atoms with E-state index in [1.807, 2.05) is 0 Å². The summed E-state index contributed by atoms with van der Waals surface area (Å²) in [5.41, 5.74) is -1.67. The molecule has 0 saturated carbocycles. The van der Waals surface area contributed by atoms with Gasteiger partial charge in [-0.2, -0.15) is 13.2 Å². The molecule has 2 heterocycles. The Balaban J connectivity index is 1.72. The minimum atomic E-state index is -4.88. The molecule has 3 rings (SSSR count). The minimum absolute atomic E-state index is 0.0159. The number of nitrogens with zero attached hydrogens (tertiary/aromatic N) is 1. The van der Waals surface area contributed by atoms with Gasteiger partial charge in [-0.1, -0.05) is 11.6 Å². The van der Waals surface area contributed by atoms with Crippen LogP contribution < -0.4 is 10.1 Å². The number of rotatable bonds is 4. The predicted octanol–water partition coefficient (Wildman–Crippen LogP) is 4.70. The van der Waals surface area contributed by atoms with Gasteiger partial charge in [0.1, 0.15) is 16.9 Å². The van der Waals surface area contributed by atoms with Gasteiger partial charge in [-0.25, -0.2) is 9.37 Å². The molecule has 0 bridgehead atoms. The fourth-order valence-electron chi connectivity index (χ4n) is 2.61. The molecule has 1 fully saturated rings. The summed E-state index contributed by atoms with van der Waals surface area (Å²) < 4.78 is 62.6. The number of carbonyl (C=O) groups excluding carboxylic acids is 1. The number of nitrogens with one attached hydrogen (secondary N) is 1. The lowest BCUT2D eigenvalue weighted by Crippen LogP contribution is -2.26. The Morgan fingerprint density at radius 2 is 1.96 bits per heavy atom. The van der Waals surface area contributed by atoms with Gasteiger partial charge in [-0.15, -0.1) is 0 Å². The van der Waals surface area contributed by atoms with Gasteiger partial charge in [0.05, 0.1) is 24.3 Å². The molecule has 0 spiro atoms. The van der Waals surface area contributed by atoms with Crippen molar-refractivity contribution in [2.45, 2.75) is 25.1 Å². The number of carbonyl (C=O) groups is 1. The summed E-state index contributed by atoms with van der Waals surface area (Å²) in [7, 11) is 0. The maximum absolute atomic E-state index is 13.3. The third kappa shape index (κ3) is 4.90. The smallest absolute Gasteiger partial charge is 0.419 e. The monoisotopic (exact) mass is 418 g/mol. The molecule has 1 aromatic carbocycles. The number of anilines is 1. The number of benzene rings is 1. The van der Waals surface area contributed by atoms with Gasteiger partial charge in [0.25, 0.3) is 5.91 Å². The standard InChI is InChI=1S/C18H15ClF4N2O3/c19-14-7-10(9-24-17(14)28-12-3-5-27-6-4-12)16(26)25-11-1-2-15(20)13(8-11)18(21,22)23/h1-2,7-9,12H,3-6H2,(H,25,26). The molecule has 1 aliphatic rings. The average molecular weight is 419 g/mol. The fraction of sp³-hybridized carbons (Fsp3) is 0.333. The molecule has 1 aromatic heterocycles. The van der Waals surface area contributed by atoms with Crippen molar-refractivity contribution in [1.82, 2.24) is 4.98 Å². The van der Waals surface area contributed by atoms with Crippen LogP contribution in [0.25, 0.3) is 0 Å². The van der Waals surface area contributed by atoms with Crippen LogP contribution in [0.3, 0.4) is 0 Å². The number of alkyl halides is 3. The van der Waals surface area contributed by atoms with Crippen LogP contribution in [0.5, 0.6) is 5.88 Å². The molecule has 1 amide bonds. The molecular weight excluding hydrogens is 404 g/mol. The normalized spacial score (nSPS) is 15.3. The molecule has 5 nitrogen and oxygen atoms in total. The van der Waals surface area contributed by atoms with Crippen molar-refractivity contribution in [2.75, 3.05) is 18.5 Å². The van der Waals surface area contributed by atoms with E-state index in [1.165, 1.54) is 12.3 Å². The van der Waals surface area contributed by atoms with Crippen molar-refractivity contribution in [1.29, 1.82) is 0 Å². The van der Waals surface area contributed by atoms with Crippen molar-refractivity contribution in [2.24, 2.45) is 0 Å². The molecule has 1 aliphatic heterocycles. The quantitative estimate of drug-likeness (QED) is 0.731. The Kier molecular flexibility index (Phi) is 6.04. The first-order valence-electron chi connectivity index (χ1n) is 8.32. The molecule has 0 unspecified atom stereocenters. The van der Waals surface area contributed by atoms with E-state index in [-0.39, 0.29) is 28.3 Å². The molecule has 1 saturated heterocycles. The summed E-state index contributed by atoms with van der Waals surface area (Å²) in [6, 6.07) is 3.48. The molecule has 10 heteroatoms. The summed E-state index contributed by atoms with van der Waals surface area (Å²) in [5.74, 6) is -2.01. The molecule has 150 valence electrons. The third-order valence-corrected chi connectivity index (χ3v) is 4.32. The van der Waals surface area contributed by atoms with Gasteiger partial charge in [0, 0.05) is 24.7 Å². The lowest BCUT2D eigenvalue weighted by molar-refractivity contribution is -0.139. The second-order valence-corrected chi connectivity index (χ2v) is 6.49. The van der Waals surface area contributed by atoms with Crippen LogP contribution in [0.1, 0.15) is 28.8 Å². The number of ether oxygens (including phenoxy) is 2. The van der Waals surface area contributed by atoms with Crippen molar-refractivity contribution >= 4 is 23.2 Å². The van der Waals surface area contributed by atoms with E-state index in [0.29, 0.717) is 38.2 Å². The van der Waals surface area contributed by atoms with Crippen molar-refractivity contribution in [3.8, 4) is 5.88 Å². The van der Waals surface area contributed by atoms with E-state index in [2.05, 4.69) is 10.3 Å². The van der Waals surface area contributed by atoms with Gasteiger partial charge < -0.3 is 14.8 Å². The second-order valence-electron chi connectivity index (χ2n) is 6.09. The first-order chi connectivity index (χ1) is 13.2. The Morgan fingerprint density at radius 1 is 1.25 bits per heavy atom. The Labute approximate surface area is 162 Å². The summed E-state index contributed by atoms with van der Waals surface area (Å²) in [6.45, 7) is 1.14. The van der Waals surface area contributed by atoms with E-state index in [4.69, 9.17) is 21.1 Å². The van der Waals surface area contributed by atoms with Crippen LogP contribution in [0, 0.1) is 5.82 Å². The SMILES string of the molecule is O=C(Nc1ccc(F)c(C(F)(F)F)c1)c1cnc(OC2CCOCC2)c(Cl)c1. The van der Waals surface area contributed by atoms with E-state index in [1.54, 1.807) is 0 Å². The van der Waals surface area contributed by atoms with Crippen molar-refractivity contribution < 1.29 is 31.8 Å². The summed E-state index contributed by atoms with van der Waals surface area (Å²) >= 11 is 6.10. The molecule has 2 aromatic rings. The number of pyridine rings is 1. The van der Waals surface area contributed by atoms with Crippen molar-refractivity contribution in [3.63, 3.8) is 0 Å². The predicted molar refractivity (Wildman–Crippen MR) is 93.1 cm³/mol. The molecular formula is C18H15ClF4N2O3. The highest BCUT2D eigenvalue weighted by molar-refractivity contribution is 6.32. The van der Waals surface area contributed by atoms with Crippen LogP contribution in [-0.2, 0) is 10.9 Å². The first-order valence-corrected chi connectivity index (χ1v) is 8.70. The van der Waals surface area contributed by atoms with E-state index < -0.39 is 23.5 Å².